The normalized spacial score (nSPS) is 10.5. The van der Waals surface area contributed by atoms with E-state index in [9.17, 15) is 4.79 Å². The second kappa shape index (κ2) is 10.8. The van der Waals surface area contributed by atoms with Crippen LogP contribution in [0.3, 0.4) is 0 Å². The predicted octanol–water partition coefficient (Wildman–Crippen LogP) is 3.58. The monoisotopic (exact) mass is 428 g/mol. The Hall–Kier alpha value is -4.13. The Labute approximate surface area is 186 Å². The average Bonchev–Trinajstić information content (AvgIpc) is 3.31. The molecule has 0 unspecified atom stereocenters. The van der Waals surface area contributed by atoms with Crippen LogP contribution in [0.1, 0.15) is 11.1 Å². The third-order valence-electron chi connectivity index (χ3n) is 4.65. The van der Waals surface area contributed by atoms with Gasteiger partial charge in [-0.1, -0.05) is 42.5 Å². The van der Waals surface area contributed by atoms with Crippen molar-refractivity contribution >= 4 is 5.91 Å². The highest BCUT2D eigenvalue weighted by Gasteiger charge is 2.07. The molecule has 2 aromatic heterocycles. The summed E-state index contributed by atoms with van der Waals surface area (Å²) < 4.78 is 12.9. The molecular formula is C25H24N4O3. The number of rotatable bonds is 10. The Morgan fingerprint density at radius 2 is 1.59 bits per heavy atom. The number of hydrogen-bond acceptors (Lipinski definition) is 5. The third kappa shape index (κ3) is 6.18. The summed E-state index contributed by atoms with van der Waals surface area (Å²) in [5.41, 5.74) is 2.70. The van der Waals surface area contributed by atoms with Gasteiger partial charge in [-0.25, -0.2) is 9.67 Å². The van der Waals surface area contributed by atoms with Crippen molar-refractivity contribution in [1.29, 1.82) is 0 Å². The molecule has 4 rings (SSSR count). The first-order valence-electron chi connectivity index (χ1n) is 10.4. The Bertz CT molecular complexity index is 1110. The molecule has 0 radical (unpaired) electrons. The lowest BCUT2D eigenvalue weighted by atomic mass is 10.2. The lowest BCUT2D eigenvalue weighted by molar-refractivity contribution is -0.120. The highest BCUT2D eigenvalue weighted by molar-refractivity contribution is 5.78. The molecule has 0 aliphatic carbocycles. The number of benzene rings is 2. The van der Waals surface area contributed by atoms with Gasteiger partial charge in [0.2, 0.25) is 11.8 Å². The molecule has 2 aromatic carbocycles. The summed E-state index contributed by atoms with van der Waals surface area (Å²) >= 11 is 0. The van der Waals surface area contributed by atoms with Gasteiger partial charge in [0, 0.05) is 25.0 Å². The molecule has 7 heteroatoms. The van der Waals surface area contributed by atoms with E-state index in [-0.39, 0.29) is 12.3 Å². The van der Waals surface area contributed by atoms with Gasteiger partial charge in [0.1, 0.15) is 19.0 Å². The summed E-state index contributed by atoms with van der Waals surface area (Å²) in [5.74, 6) is 1.25. The summed E-state index contributed by atoms with van der Waals surface area (Å²) in [6.45, 7) is 1.23. The number of nitrogens with one attached hydrogen (secondary N) is 1. The molecule has 1 N–H and O–H groups in total. The van der Waals surface area contributed by atoms with Crippen LogP contribution in [0.4, 0.5) is 0 Å². The van der Waals surface area contributed by atoms with E-state index < -0.39 is 0 Å². The predicted molar refractivity (Wildman–Crippen MR) is 121 cm³/mol. The van der Waals surface area contributed by atoms with Crippen molar-refractivity contribution in [3.63, 3.8) is 0 Å². The van der Waals surface area contributed by atoms with E-state index in [0.29, 0.717) is 25.6 Å². The lowest BCUT2D eigenvalue weighted by Gasteiger charge is -2.08. The van der Waals surface area contributed by atoms with Crippen molar-refractivity contribution in [2.24, 2.45) is 0 Å². The van der Waals surface area contributed by atoms with Gasteiger partial charge in [0.15, 0.2) is 0 Å². The average molecular weight is 428 g/mol. The molecule has 0 atom stereocenters. The maximum atomic E-state index is 12.3. The summed E-state index contributed by atoms with van der Waals surface area (Å²) in [6, 6.07) is 23.0. The Balaban J connectivity index is 1.18. The molecule has 0 aliphatic rings. The van der Waals surface area contributed by atoms with Gasteiger partial charge in [0.25, 0.3) is 0 Å². The molecule has 0 saturated heterocycles. The first kappa shape index (κ1) is 21.1. The number of nitrogens with zero attached hydrogens (tertiary/aromatic N) is 3. The molecule has 32 heavy (non-hydrogen) atoms. The molecule has 162 valence electrons. The van der Waals surface area contributed by atoms with Crippen LogP contribution in [0.15, 0.2) is 91.4 Å². The zero-order chi connectivity index (χ0) is 22.0. The molecule has 7 nitrogen and oxygen atoms in total. The van der Waals surface area contributed by atoms with Gasteiger partial charge >= 0.3 is 0 Å². The van der Waals surface area contributed by atoms with Gasteiger partial charge in [-0.3, -0.25) is 4.79 Å². The van der Waals surface area contributed by atoms with Crippen LogP contribution >= 0.6 is 0 Å². The van der Waals surface area contributed by atoms with E-state index in [2.05, 4.69) is 15.4 Å². The Kier molecular flexibility index (Phi) is 7.10. The van der Waals surface area contributed by atoms with Crippen LogP contribution < -0.4 is 14.8 Å². The van der Waals surface area contributed by atoms with Crippen molar-refractivity contribution in [2.45, 2.75) is 13.0 Å². The highest BCUT2D eigenvalue weighted by Crippen LogP contribution is 2.11. The second-order valence-electron chi connectivity index (χ2n) is 7.10. The quantitative estimate of drug-likeness (QED) is 0.391. The molecule has 0 fully saturated rings. The molecular weight excluding hydrogens is 404 g/mol. The van der Waals surface area contributed by atoms with Crippen molar-refractivity contribution in [3.8, 4) is 17.3 Å². The Morgan fingerprint density at radius 1 is 0.844 bits per heavy atom. The fraction of sp³-hybridized carbons (Fsp3) is 0.160. The molecule has 0 bridgehead atoms. The minimum absolute atomic E-state index is 0.0731. The molecule has 0 spiro atoms. The Morgan fingerprint density at radius 3 is 2.34 bits per heavy atom. The van der Waals surface area contributed by atoms with Crippen molar-refractivity contribution in [1.82, 2.24) is 20.1 Å². The van der Waals surface area contributed by atoms with Gasteiger partial charge in [-0.05, 0) is 35.4 Å². The number of ether oxygens (including phenoxy) is 2. The van der Waals surface area contributed by atoms with Crippen LogP contribution in [0, 0.1) is 0 Å². The van der Waals surface area contributed by atoms with E-state index in [1.165, 1.54) is 0 Å². The van der Waals surface area contributed by atoms with Gasteiger partial charge in [0.05, 0.1) is 18.3 Å². The number of carbonyl (C=O) groups excluding carboxylic acids is 1. The number of aromatic nitrogens is 3. The van der Waals surface area contributed by atoms with E-state index in [1.54, 1.807) is 23.1 Å². The van der Waals surface area contributed by atoms with Crippen LogP contribution in [0.25, 0.3) is 5.69 Å². The number of pyridine rings is 1. The summed E-state index contributed by atoms with van der Waals surface area (Å²) in [7, 11) is 0. The summed E-state index contributed by atoms with van der Waals surface area (Å²) in [5, 5.41) is 7.23. The van der Waals surface area contributed by atoms with Crippen LogP contribution in [-0.2, 0) is 17.8 Å². The number of para-hydroxylation sites is 2. The van der Waals surface area contributed by atoms with E-state index in [4.69, 9.17) is 9.47 Å². The number of hydrogen-bond donors (Lipinski definition) is 1. The highest BCUT2D eigenvalue weighted by atomic mass is 16.5. The first-order valence-corrected chi connectivity index (χ1v) is 10.4. The minimum atomic E-state index is -0.0731. The topological polar surface area (TPSA) is 78.3 Å². The van der Waals surface area contributed by atoms with Gasteiger partial charge in [-0.15, -0.1) is 0 Å². The van der Waals surface area contributed by atoms with Crippen LogP contribution in [0.5, 0.6) is 11.6 Å². The maximum absolute atomic E-state index is 12.3. The standard InChI is InChI=1S/C25H24N4O3/c30-24(15-21-18-28-29(19-21)22-7-3-1-4-8-22)26-16-20-11-12-25(27-17-20)32-14-13-31-23-9-5-2-6-10-23/h1-12,17-19H,13-16H2,(H,26,30). The second-order valence-corrected chi connectivity index (χ2v) is 7.10. The van der Waals surface area contributed by atoms with Crippen LogP contribution in [-0.4, -0.2) is 33.9 Å². The van der Waals surface area contributed by atoms with Crippen molar-refractivity contribution in [2.75, 3.05) is 13.2 Å². The fourth-order valence-electron chi connectivity index (χ4n) is 3.05. The number of amides is 1. The zero-order valence-electron chi connectivity index (χ0n) is 17.6. The molecule has 1 amide bonds. The lowest BCUT2D eigenvalue weighted by Crippen LogP contribution is -2.24. The largest absolute Gasteiger partial charge is 0.490 e. The maximum Gasteiger partial charge on any atom is 0.224 e. The minimum Gasteiger partial charge on any atom is -0.490 e. The van der Waals surface area contributed by atoms with Gasteiger partial charge in [-0.2, -0.15) is 5.10 Å². The van der Waals surface area contributed by atoms with E-state index >= 15 is 0 Å². The molecule has 0 aliphatic heterocycles. The molecule has 0 saturated carbocycles. The van der Waals surface area contributed by atoms with Crippen LogP contribution in [0.2, 0.25) is 0 Å². The molecule has 4 aromatic rings. The van der Waals surface area contributed by atoms with E-state index in [0.717, 1.165) is 22.6 Å². The first-order chi connectivity index (χ1) is 15.8. The fourth-order valence-corrected chi connectivity index (χ4v) is 3.05. The number of carbonyl (C=O) groups is 1. The zero-order valence-corrected chi connectivity index (χ0v) is 17.6. The van der Waals surface area contributed by atoms with Gasteiger partial charge < -0.3 is 14.8 Å². The molecule has 2 heterocycles. The smallest absolute Gasteiger partial charge is 0.224 e. The summed E-state index contributed by atoms with van der Waals surface area (Å²) in [6.07, 6.45) is 5.54. The van der Waals surface area contributed by atoms with Crippen molar-refractivity contribution in [3.05, 3.63) is 103 Å². The third-order valence-corrected chi connectivity index (χ3v) is 4.65. The van der Waals surface area contributed by atoms with E-state index in [1.807, 2.05) is 72.9 Å². The summed E-state index contributed by atoms with van der Waals surface area (Å²) in [4.78, 5) is 16.6. The van der Waals surface area contributed by atoms with Crippen molar-refractivity contribution < 1.29 is 14.3 Å². The SMILES string of the molecule is O=C(Cc1cnn(-c2ccccc2)c1)NCc1ccc(OCCOc2ccccc2)nc1.